The Balaban J connectivity index is 1.56. The van der Waals surface area contributed by atoms with Crippen LogP contribution in [0.5, 0.6) is 0 Å². The van der Waals surface area contributed by atoms with Gasteiger partial charge in [-0.25, -0.2) is 4.39 Å². The number of nitrogens with zero attached hydrogens (tertiary/aromatic N) is 1. The molecule has 0 bridgehead atoms. The third-order valence-corrected chi connectivity index (χ3v) is 5.64. The molecule has 5 nitrogen and oxygen atoms in total. The largest absolute Gasteiger partial charge is 0.388 e. The van der Waals surface area contributed by atoms with Crippen LogP contribution in [-0.4, -0.2) is 16.7 Å². The van der Waals surface area contributed by atoms with E-state index in [4.69, 9.17) is 0 Å². The van der Waals surface area contributed by atoms with Gasteiger partial charge in [0, 0.05) is 36.6 Å². The van der Waals surface area contributed by atoms with E-state index in [-0.39, 0.29) is 17.3 Å². The average molecular weight is 444 g/mol. The number of hydrogen-bond donors (Lipinski definition) is 3. The quantitative estimate of drug-likeness (QED) is 0.351. The third-order valence-electron chi connectivity index (χ3n) is 5.64. The number of aliphatic hydroxyl groups is 1. The molecule has 168 valence electrons. The first-order valence-electron chi connectivity index (χ1n) is 10.8. The number of anilines is 1. The molecule has 4 rings (SSSR count). The van der Waals surface area contributed by atoms with Crippen molar-refractivity contribution in [3.8, 4) is 16.8 Å². The highest BCUT2D eigenvalue weighted by molar-refractivity contribution is 5.68. The van der Waals surface area contributed by atoms with Gasteiger partial charge < -0.3 is 10.4 Å². The molecule has 0 aliphatic carbocycles. The van der Waals surface area contributed by atoms with Crippen LogP contribution in [0.3, 0.4) is 0 Å². The fourth-order valence-corrected chi connectivity index (χ4v) is 3.77. The molecule has 0 aliphatic rings. The van der Waals surface area contributed by atoms with Gasteiger partial charge in [-0.2, -0.15) is 0 Å². The Morgan fingerprint density at radius 3 is 2.36 bits per heavy atom. The normalized spacial score (nSPS) is 12.8. The zero-order valence-electron chi connectivity index (χ0n) is 18.5. The highest BCUT2D eigenvalue weighted by Crippen LogP contribution is 2.26. The highest BCUT2D eigenvalue weighted by Gasteiger charge is 2.15. The summed E-state index contributed by atoms with van der Waals surface area (Å²) in [5, 5.41) is 17.1. The van der Waals surface area contributed by atoms with E-state index in [1.807, 2.05) is 44.3 Å². The van der Waals surface area contributed by atoms with E-state index in [2.05, 4.69) is 28.8 Å². The maximum absolute atomic E-state index is 14.2. The minimum Gasteiger partial charge on any atom is -0.388 e. The molecule has 3 aromatic carbocycles. The van der Waals surface area contributed by atoms with Gasteiger partial charge in [0.15, 0.2) is 0 Å². The first kappa shape index (κ1) is 22.5. The van der Waals surface area contributed by atoms with Crippen LogP contribution in [0.2, 0.25) is 0 Å². The standard InChI is InChI=1S/C27H26FN3O2/c1-18(19-7-5-8-20(15-19)21-9-6-10-23(16-21)29-2)30-27(33)22-13-14-26(32)31(17-22)25-12-4-3-11-24(25)28/h3-18,27,29-30,33H,1-2H3/t18-,27?/m1/s1. The Morgan fingerprint density at radius 1 is 0.879 bits per heavy atom. The first-order chi connectivity index (χ1) is 16.0. The molecule has 0 aliphatic heterocycles. The maximum atomic E-state index is 14.2. The SMILES string of the molecule is CNc1cccc(-c2cccc([C@@H](C)NC(O)c3ccc(=O)n(-c4ccccc4F)c3)c2)c1. The summed E-state index contributed by atoms with van der Waals surface area (Å²) >= 11 is 0. The van der Waals surface area contributed by atoms with Crippen LogP contribution in [0.25, 0.3) is 16.8 Å². The summed E-state index contributed by atoms with van der Waals surface area (Å²) in [4.78, 5) is 12.3. The summed E-state index contributed by atoms with van der Waals surface area (Å²) in [5.41, 5.74) is 4.42. The van der Waals surface area contributed by atoms with Crippen LogP contribution in [0.4, 0.5) is 10.1 Å². The number of rotatable bonds is 7. The third kappa shape index (κ3) is 5.03. The lowest BCUT2D eigenvalue weighted by Crippen LogP contribution is -2.26. The molecule has 0 saturated heterocycles. The molecule has 0 radical (unpaired) electrons. The van der Waals surface area contributed by atoms with E-state index < -0.39 is 12.0 Å². The van der Waals surface area contributed by atoms with Gasteiger partial charge in [-0.3, -0.25) is 14.7 Å². The summed E-state index contributed by atoms with van der Waals surface area (Å²) in [6.07, 6.45) is 0.417. The van der Waals surface area contributed by atoms with E-state index in [1.165, 1.54) is 29.0 Å². The van der Waals surface area contributed by atoms with E-state index in [0.717, 1.165) is 22.4 Å². The summed E-state index contributed by atoms with van der Waals surface area (Å²) in [6.45, 7) is 1.96. The molecule has 0 saturated carbocycles. The number of para-hydroxylation sites is 1. The number of benzene rings is 3. The van der Waals surface area contributed by atoms with E-state index >= 15 is 0 Å². The predicted molar refractivity (Wildman–Crippen MR) is 130 cm³/mol. The van der Waals surface area contributed by atoms with Gasteiger partial charge >= 0.3 is 0 Å². The Morgan fingerprint density at radius 2 is 1.61 bits per heavy atom. The van der Waals surface area contributed by atoms with Crippen molar-refractivity contribution in [1.82, 2.24) is 9.88 Å². The number of pyridine rings is 1. The number of aromatic nitrogens is 1. The van der Waals surface area contributed by atoms with Gasteiger partial charge in [-0.15, -0.1) is 0 Å². The lowest BCUT2D eigenvalue weighted by atomic mass is 9.99. The molecule has 3 N–H and O–H groups in total. The molecule has 1 aromatic heterocycles. The molecule has 2 atom stereocenters. The number of aliphatic hydroxyl groups excluding tert-OH is 1. The van der Waals surface area contributed by atoms with Crippen molar-refractivity contribution in [2.24, 2.45) is 0 Å². The minimum atomic E-state index is -1.05. The second-order valence-electron chi connectivity index (χ2n) is 7.87. The van der Waals surface area contributed by atoms with E-state index in [0.29, 0.717) is 5.56 Å². The van der Waals surface area contributed by atoms with Crippen LogP contribution in [-0.2, 0) is 0 Å². The average Bonchev–Trinajstić information content (AvgIpc) is 2.85. The zero-order valence-corrected chi connectivity index (χ0v) is 18.5. The Kier molecular flexibility index (Phi) is 6.68. The molecular formula is C27H26FN3O2. The number of halogens is 1. The van der Waals surface area contributed by atoms with Crippen LogP contribution in [0.1, 0.15) is 30.3 Å². The maximum Gasteiger partial charge on any atom is 0.255 e. The highest BCUT2D eigenvalue weighted by atomic mass is 19.1. The smallest absolute Gasteiger partial charge is 0.255 e. The van der Waals surface area contributed by atoms with Crippen LogP contribution in [0, 0.1) is 5.82 Å². The van der Waals surface area contributed by atoms with Crippen molar-refractivity contribution < 1.29 is 9.50 Å². The van der Waals surface area contributed by atoms with Crippen molar-refractivity contribution in [2.45, 2.75) is 19.2 Å². The number of hydrogen-bond acceptors (Lipinski definition) is 4. The summed E-state index contributed by atoms with van der Waals surface area (Å²) in [7, 11) is 1.89. The van der Waals surface area contributed by atoms with Crippen molar-refractivity contribution in [3.63, 3.8) is 0 Å². The van der Waals surface area contributed by atoms with Crippen molar-refractivity contribution in [3.05, 3.63) is 118 Å². The fourth-order valence-electron chi connectivity index (χ4n) is 3.77. The fraction of sp³-hybridized carbons (Fsp3) is 0.148. The van der Waals surface area contributed by atoms with Gasteiger partial charge in [0.1, 0.15) is 12.0 Å². The van der Waals surface area contributed by atoms with Gasteiger partial charge in [0.05, 0.1) is 5.69 Å². The predicted octanol–water partition coefficient (Wildman–Crippen LogP) is 5.03. The van der Waals surface area contributed by atoms with Crippen LogP contribution in [0.15, 0.2) is 95.9 Å². The van der Waals surface area contributed by atoms with Gasteiger partial charge in [-0.05, 0) is 60.0 Å². The summed E-state index contributed by atoms with van der Waals surface area (Å²) < 4.78 is 15.4. The van der Waals surface area contributed by atoms with Crippen LogP contribution < -0.4 is 16.2 Å². The Labute approximate surface area is 192 Å². The lowest BCUT2D eigenvalue weighted by Gasteiger charge is -2.21. The molecule has 0 fully saturated rings. The molecule has 0 amide bonds. The van der Waals surface area contributed by atoms with E-state index in [1.54, 1.807) is 18.2 Å². The summed E-state index contributed by atoms with van der Waals surface area (Å²) in [5.74, 6) is -0.508. The molecular weight excluding hydrogens is 417 g/mol. The Bertz CT molecular complexity index is 1320. The zero-order chi connectivity index (χ0) is 23.4. The monoisotopic (exact) mass is 443 g/mol. The van der Waals surface area contributed by atoms with Gasteiger partial charge in [0.25, 0.3) is 5.56 Å². The molecule has 6 heteroatoms. The molecule has 1 unspecified atom stereocenters. The van der Waals surface area contributed by atoms with Gasteiger partial charge in [0.2, 0.25) is 0 Å². The summed E-state index contributed by atoms with van der Waals surface area (Å²) in [6, 6.07) is 25.0. The van der Waals surface area contributed by atoms with Crippen molar-refractivity contribution >= 4 is 5.69 Å². The molecule has 1 heterocycles. The molecule has 4 aromatic rings. The molecule has 0 spiro atoms. The Hall–Kier alpha value is -3.74. The topological polar surface area (TPSA) is 66.3 Å². The lowest BCUT2D eigenvalue weighted by molar-refractivity contribution is 0.125. The first-order valence-corrected chi connectivity index (χ1v) is 10.8. The molecule has 33 heavy (non-hydrogen) atoms. The van der Waals surface area contributed by atoms with Crippen molar-refractivity contribution in [2.75, 3.05) is 12.4 Å². The van der Waals surface area contributed by atoms with E-state index in [9.17, 15) is 14.3 Å². The van der Waals surface area contributed by atoms with Crippen molar-refractivity contribution in [1.29, 1.82) is 0 Å². The second-order valence-corrected chi connectivity index (χ2v) is 7.87. The second kappa shape index (κ2) is 9.81. The van der Waals surface area contributed by atoms with Crippen LogP contribution >= 0.6 is 0 Å². The van der Waals surface area contributed by atoms with Gasteiger partial charge in [-0.1, -0.05) is 42.5 Å². The number of nitrogens with one attached hydrogen (secondary N) is 2. The minimum absolute atomic E-state index is 0.140.